The first-order chi connectivity index (χ1) is 11.0. The van der Waals surface area contributed by atoms with E-state index in [1.54, 1.807) is 18.5 Å². The second-order valence-electron chi connectivity index (χ2n) is 6.20. The molecule has 0 radical (unpaired) electrons. The molecule has 3 nitrogen and oxygen atoms in total. The molecule has 116 valence electrons. The number of carbonyl (C=O) groups is 2. The van der Waals surface area contributed by atoms with E-state index in [2.05, 4.69) is 4.98 Å². The Morgan fingerprint density at radius 2 is 1.65 bits per heavy atom. The van der Waals surface area contributed by atoms with E-state index in [0.717, 1.165) is 27.8 Å². The van der Waals surface area contributed by atoms with Crippen LogP contribution in [0.15, 0.2) is 42.2 Å². The lowest BCUT2D eigenvalue weighted by Gasteiger charge is -2.15. The molecule has 1 atom stereocenters. The van der Waals surface area contributed by atoms with Gasteiger partial charge in [-0.15, -0.1) is 0 Å². The summed E-state index contributed by atoms with van der Waals surface area (Å²) in [5.74, 6) is -0.726. The fourth-order valence-electron chi connectivity index (χ4n) is 3.43. The molecule has 0 saturated heterocycles. The van der Waals surface area contributed by atoms with Gasteiger partial charge in [0.25, 0.3) is 0 Å². The van der Waals surface area contributed by atoms with Gasteiger partial charge in [-0.2, -0.15) is 0 Å². The van der Waals surface area contributed by atoms with Crippen molar-refractivity contribution in [1.29, 1.82) is 0 Å². The molecule has 2 aromatic rings. The number of carbonyl (C=O) groups excluding carboxylic acids is 2. The van der Waals surface area contributed by atoms with Gasteiger partial charge in [0, 0.05) is 24.4 Å². The maximum atomic E-state index is 12.8. The summed E-state index contributed by atoms with van der Waals surface area (Å²) in [4.78, 5) is 29.3. The summed E-state index contributed by atoms with van der Waals surface area (Å²) in [6.07, 6.45) is 5.37. The highest BCUT2D eigenvalue weighted by atomic mass is 16.2. The number of hydrogen-bond acceptors (Lipinski definition) is 3. The minimum absolute atomic E-state index is 0.00893. The van der Waals surface area contributed by atoms with Gasteiger partial charge in [-0.3, -0.25) is 14.6 Å². The van der Waals surface area contributed by atoms with Crippen LogP contribution in [0.25, 0.3) is 6.08 Å². The molecule has 1 unspecified atom stereocenters. The number of pyridine rings is 1. The van der Waals surface area contributed by atoms with Gasteiger partial charge in [-0.05, 0) is 61.2 Å². The predicted molar refractivity (Wildman–Crippen MR) is 90.2 cm³/mol. The molecule has 3 heteroatoms. The average Bonchev–Trinajstić information content (AvgIpc) is 2.75. The fourth-order valence-corrected chi connectivity index (χ4v) is 3.43. The van der Waals surface area contributed by atoms with Crippen LogP contribution in [0.4, 0.5) is 0 Å². The van der Waals surface area contributed by atoms with E-state index >= 15 is 0 Å². The van der Waals surface area contributed by atoms with E-state index < -0.39 is 5.92 Å². The van der Waals surface area contributed by atoms with Crippen molar-refractivity contribution in [2.75, 3.05) is 0 Å². The van der Waals surface area contributed by atoms with Gasteiger partial charge in [-0.25, -0.2) is 0 Å². The number of aromatic nitrogens is 1. The monoisotopic (exact) mass is 305 g/mol. The summed E-state index contributed by atoms with van der Waals surface area (Å²) in [6, 6.07) is 7.74. The molecule has 0 N–H and O–H groups in total. The van der Waals surface area contributed by atoms with Gasteiger partial charge in [0.05, 0.1) is 0 Å². The lowest BCUT2D eigenvalue weighted by Crippen LogP contribution is -2.15. The third kappa shape index (κ3) is 2.87. The maximum Gasteiger partial charge on any atom is 0.174 e. The van der Waals surface area contributed by atoms with E-state index in [9.17, 15) is 9.59 Å². The SMILES string of the molecule is Cc1cc(C)c(C2C(=O)CC(=Cc3ccncc3)C2=O)c(C)c1. The van der Waals surface area contributed by atoms with Gasteiger partial charge in [0.2, 0.25) is 0 Å². The molecule has 0 bridgehead atoms. The summed E-state index contributed by atoms with van der Waals surface area (Å²) in [6.45, 7) is 5.97. The molecule has 0 aliphatic heterocycles. The quantitative estimate of drug-likeness (QED) is 0.627. The number of aryl methyl sites for hydroxylation is 3. The molecule has 23 heavy (non-hydrogen) atoms. The Bertz CT molecular complexity index is 796. The highest BCUT2D eigenvalue weighted by molar-refractivity contribution is 6.24. The fraction of sp³-hybridized carbons (Fsp3) is 0.250. The second kappa shape index (κ2) is 5.92. The molecule has 1 heterocycles. The van der Waals surface area contributed by atoms with Gasteiger partial charge in [0.1, 0.15) is 5.92 Å². The van der Waals surface area contributed by atoms with Crippen molar-refractivity contribution in [1.82, 2.24) is 4.98 Å². The van der Waals surface area contributed by atoms with Crippen LogP contribution >= 0.6 is 0 Å². The van der Waals surface area contributed by atoms with Crippen LogP contribution in [-0.2, 0) is 9.59 Å². The third-order valence-corrected chi connectivity index (χ3v) is 4.34. The zero-order valence-electron chi connectivity index (χ0n) is 13.6. The molecular weight excluding hydrogens is 286 g/mol. The largest absolute Gasteiger partial charge is 0.298 e. The number of allylic oxidation sites excluding steroid dienone is 1. The number of benzene rings is 1. The van der Waals surface area contributed by atoms with Crippen molar-refractivity contribution in [2.24, 2.45) is 0 Å². The van der Waals surface area contributed by atoms with Crippen molar-refractivity contribution in [3.8, 4) is 0 Å². The highest BCUT2D eigenvalue weighted by Crippen LogP contribution is 2.36. The first-order valence-corrected chi connectivity index (χ1v) is 7.72. The molecular formula is C20H19NO2. The minimum atomic E-state index is -0.649. The summed E-state index contributed by atoms with van der Waals surface area (Å²) < 4.78 is 0. The topological polar surface area (TPSA) is 47.0 Å². The third-order valence-electron chi connectivity index (χ3n) is 4.34. The van der Waals surface area contributed by atoms with Crippen LogP contribution in [0.3, 0.4) is 0 Å². The van der Waals surface area contributed by atoms with E-state index in [-0.39, 0.29) is 18.0 Å². The Labute approximate surface area is 136 Å². The molecule has 1 saturated carbocycles. The Morgan fingerprint density at radius 1 is 1.04 bits per heavy atom. The van der Waals surface area contributed by atoms with Gasteiger partial charge in [0.15, 0.2) is 11.6 Å². The summed E-state index contributed by atoms with van der Waals surface area (Å²) >= 11 is 0. The molecule has 1 aromatic heterocycles. The van der Waals surface area contributed by atoms with Crippen molar-refractivity contribution in [3.05, 3.63) is 70.0 Å². The van der Waals surface area contributed by atoms with Crippen LogP contribution in [-0.4, -0.2) is 16.6 Å². The number of ketones is 2. The van der Waals surface area contributed by atoms with E-state index in [4.69, 9.17) is 0 Å². The smallest absolute Gasteiger partial charge is 0.174 e. The van der Waals surface area contributed by atoms with Crippen LogP contribution in [0.5, 0.6) is 0 Å². The summed E-state index contributed by atoms with van der Waals surface area (Å²) in [5, 5.41) is 0. The Kier molecular flexibility index (Phi) is 3.95. The van der Waals surface area contributed by atoms with E-state index in [1.165, 1.54) is 0 Å². The lowest BCUT2D eigenvalue weighted by molar-refractivity contribution is -0.123. The molecule has 1 fully saturated rings. The predicted octanol–water partition coefficient (Wildman–Crippen LogP) is 3.72. The van der Waals surface area contributed by atoms with Crippen molar-refractivity contribution in [2.45, 2.75) is 33.1 Å². The standard InChI is InChI=1S/C20H19NO2/c1-12-8-13(2)18(14(3)9-12)19-17(22)11-16(20(19)23)10-15-4-6-21-7-5-15/h4-10,19H,11H2,1-3H3. The molecule has 0 spiro atoms. The molecule has 3 rings (SSSR count). The minimum Gasteiger partial charge on any atom is -0.298 e. The van der Waals surface area contributed by atoms with Gasteiger partial charge in [-0.1, -0.05) is 17.7 Å². The summed E-state index contributed by atoms with van der Waals surface area (Å²) in [5.41, 5.74) is 5.54. The first-order valence-electron chi connectivity index (χ1n) is 7.72. The van der Waals surface area contributed by atoms with Crippen molar-refractivity contribution >= 4 is 17.6 Å². The first kappa shape index (κ1) is 15.3. The second-order valence-corrected chi connectivity index (χ2v) is 6.20. The van der Waals surface area contributed by atoms with Gasteiger partial charge >= 0.3 is 0 Å². The molecule has 0 amide bonds. The van der Waals surface area contributed by atoms with Crippen LogP contribution in [0, 0.1) is 20.8 Å². The number of hydrogen-bond donors (Lipinski definition) is 0. The van der Waals surface area contributed by atoms with E-state index in [0.29, 0.717) is 5.57 Å². The van der Waals surface area contributed by atoms with Crippen molar-refractivity contribution < 1.29 is 9.59 Å². The Morgan fingerprint density at radius 3 is 2.26 bits per heavy atom. The van der Waals surface area contributed by atoms with Crippen LogP contribution in [0.1, 0.15) is 40.2 Å². The lowest BCUT2D eigenvalue weighted by atomic mass is 9.87. The number of Topliss-reactive ketones (excluding diaryl/α,β-unsaturated/α-hetero) is 2. The molecule has 1 aliphatic carbocycles. The number of nitrogens with zero attached hydrogens (tertiary/aromatic N) is 1. The zero-order chi connectivity index (χ0) is 16.6. The van der Waals surface area contributed by atoms with E-state index in [1.807, 2.05) is 45.0 Å². The average molecular weight is 305 g/mol. The van der Waals surface area contributed by atoms with Gasteiger partial charge < -0.3 is 0 Å². The normalized spacial score (nSPS) is 19.6. The molecule has 1 aromatic carbocycles. The van der Waals surface area contributed by atoms with Crippen molar-refractivity contribution in [3.63, 3.8) is 0 Å². The van der Waals surface area contributed by atoms with Crippen LogP contribution in [0.2, 0.25) is 0 Å². The number of rotatable bonds is 2. The van der Waals surface area contributed by atoms with Crippen LogP contribution < -0.4 is 0 Å². The Hall–Kier alpha value is -2.55. The zero-order valence-corrected chi connectivity index (χ0v) is 13.6. The molecule has 1 aliphatic rings. The maximum absolute atomic E-state index is 12.8. The Balaban J connectivity index is 2.02. The highest BCUT2D eigenvalue weighted by Gasteiger charge is 2.39. The summed E-state index contributed by atoms with van der Waals surface area (Å²) in [7, 11) is 0.